The lowest BCUT2D eigenvalue weighted by molar-refractivity contribution is 0.466. The monoisotopic (exact) mass is 541 g/mol. The van der Waals surface area contributed by atoms with Crippen molar-refractivity contribution in [1.82, 2.24) is 14.1 Å². The molecule has 1 aliphatic rings. The van der Waals surface area contributed by atoms with Gasteiger partial charge in [-0.25, -0.2) is 4.98 Å². The molecule has 0 aliphatic heterocycles. The Kier molecular flexibility index (Phi) is 4.64. The van der Waals surface area contributed by atoms with E-state index in [-0.39, 0.29) is 5.41 Å². The van der Waals surface area contributed by atoms with Gasteiger partial charge < -0.3 is 8.98 Å². The molecule has 0 spiro atoms. The molecule has 0 atom stereocenters. The van der Waals surface area contributed by atoms with E-state index in [1.807, 2.05) is 12.1 Å². The van der Waals surface area contributed by atoms with Crippen molar-refractivity contribution in [2.24, 2.45) is 0 Å². The minimum absolute atomic E-state index is 0.225. The largest absolute Gasteiger partial charge is 0.457 e. The molecule has 0 saturated carbocycles. The first-order valence-electron chi connectivity index (χ1n) is 14.4. The Bertz CT molecular complexity index is 2320. The molecule has 8 aromatic rings. The number of nitrogens with zero attached hydrogens (tertiary/aromatic N) is 3. The van der Waals surface area contributed by atoms with Crippen molar-refractivity contribution < 1.29 is 4.42 Å². The van der Waals surface area contributed by atoms with Gasteiger partial charge in [0.25, 0.3) is 0 Å². The lowest BCUT2D eigenvalue weighted by Crippen LogP contribution is -2.14. The summed E-state index contributed by atoms with van der Waals surface area (Å²) in [6, 6.07) is 44.8. The van der Waals surface area contributed by atoms with E-state index in [0.717, 1.165) is 61.6 Å². The van der Waals surface area contributed by atoms with Gasteiger partial charge in [-0.2, -0.15) is 0 Å². The van der Waals surface area contributed by atoms with Gasteiger partial charge in [-0.3, -0.25) is 4.57 Å². The zero-order valence-corrected chi connectivity index (χ0v) is 23.4. The van der Waals surface area contributed by atoms with Gasteiger partial charge in [-0.15, -0.1) is 0 Å². The second-order valence-electron chi connectivity index (χ2n) is 11.7. The van der Waals surface area contributed by atoms with Gasteiger partial charge in [-0.05, 0) is 79.6 Å². The van der Waals surface area contributed by atoms with Crippen molar-refractivity contribution in [3.63, 3.8) is 0 Å². The van der Waals surface area contributed by atoms with Gasteiger partial charge in [0, 0.05) is 33.3 Å². The summed E-state index contributed by atoms with van der Waals surface area (Å²) in [5.41, 5.74) is 12.0. The Morgan fingerprint density at radius 3 is 2.10 bits per heavy atom. The number of fused-ring (bicyclic) bond motifs is 8. The van der Waals surface area contributed by atoms with Crippen LogP contribution in [0.2, 0.25) is 0 Å². The van der Waals surface area contributed by atoms with Gasteiger partial charge in [0.15, 0.2) is 5.58 Å². The molecule has 0 bridgehead atoms. The first-order chi connectivity index (χ1) is 20.6. The summed E-state index contributed by atoms with van der Waals surface area (Å²) in [4.78, 5) is 5.14. The summed E-state index contributed by atoms with van der Waals surface area (Å²) in [6.45, 7) is 4.53. The number of imidazole rings is 1. The molecule has 0 fully saturated rings. The molecule has 200 valence electrons. The highest BCUT2D eigenvalue weighted by Crippen LogP contribution is 2.55. The Labute approximate surface area is 243 Å². The van der Waals surface area contributed by atoms with Crippen molar-refractivity contribution in [2.75, 3.05) is 0 Å². The van der Waals surface area contributed by atoms with Crippen molar-refractivity contribution in [3.8, 4) is 33.9 Å². The van der Waals surface area contributed by atoms with Gasteiger partial charge in [0.2, 0.25) is 0 Å². The standard InChI is InChI=1S/C38H27N3O/c1-38(2)29-18-10-9-17-27(29)33-34-35(42-36(33)38)28-23-24(21-22-31(28)40(34)25-13-5-3-6-14-25)37-39-30-19-11-12-20-32(30)41(37)26-15-7-4-8-16-26/h3-23H,1-2H3. The van der Waals surface area contributed by atoms with Gasteiger partial charge in [0.05, 0.1) is 16.6 Å². The second-order valence-corrected chi connectivity index (χ2v) is 11.7. The fourth-order valence-corrected chi connectivity index (χ4v) is 6.95. The third-order valence-electron chi connectivity index (χ3n) is 8.87. The lowest BCUT2D eigenvalue weighted by Gasteiger charge is -2.18. The molecule has 1 aliphatic carbocycles. The zero-order chi connectivity index (χ0) is 28.0. The van der Waals surface area contributed by atoms with Crippen molar-refractivity contribution in [2.45, 2.75) is 19.3 Å². The highest BCUT2D eigenvalue weighted by Gasteiger charge is 2.42. The first kappa shape index (κ1) is 23.4. The Morgan fingerprint density at radius 2 is 1.31 bits per heavy atom. The number of hydrogen-bond acceptors (Lipinski definition) is 2. The number of para-hydroxylation sites is 4. The van der Waals surface area contributed by atoms with Crippen LogP contribution in [0, 0.1) is 0 Å². The molecule has 0 unspecified atom stereocenters. The SMILES string of the molecule is CC1(C)c2ccccc2-c2c1oc1c3cc(-c4nc5ccccc5n4-c4ccccc4)ccc3n(-c3ccccc3)c21. The molecule has 3 aromatic heterocycles. The first-order valence-corrected chi connectivity index (χ1v) is 14.4. The molecule has 0 saturated heterocycles. The summed E-state index contributed by atoms with van der Waals surface area (Å²) in [7, 11) is 0. The number of benzene rings is 5. The van der Waals surface area contributed by atoms with E-state index >= 15 is 0 Å². The van der Waals surface area contributed by atoms with Crippen molar-refractivity contribution in [3.05, 3.63) is 139 Å². The lowest BCUT2D eigenvalue weighted by atomic mass is 9.86. The average Bonchev–Trinajstić information content (AvgIpc) is 3.75. The average molecular weight is 542 g/mol. The summed E-state index contributed by atoms with van der Waals surface area (Å²) >= 11 is 0. The van der Waals surface area contributed by atoms with Crippen molar-refractivity contribution >= 4 is 33.0 Å². The molecular weight excluding hydrogens is 514 g/mol. The van der Waals surface area contributed by atoms with Crippen LogP contribution in [0.4, 0.5) is 0 Å². The van der Waals surface area contributed by atoms with Crippen LogP contribution in [0.1, 0.15) is 25.2 Å². The van der Waals surface area contributed by atoms with E-state index in [1.165, 1.54) is 16.7 Å². The molecule has 5 aromatic carbocycles. The summed E-state index contributed by atoms with van der Waals surface area (Å²) in [5.74, 6) is 1.94. The zero-order valence-electron chi connectivity index (χ0n) is 23.4. The number of aromatic nitrogens is 3. The summed E-state index contributed by atoms with van der Waals surface area (Å²) < 4.78 is 11.6. The van der Waals surface area contributed by atoms with Gasteiger partial charge >= 0.3 is 0 Å². The van der Waals surface area contributed by atoms with Crippen LogP contribution in [0.3, 0.4) is 0 Å². The van der Waals surface area contributed by atoms with E-state index in [1.54, 1.807) is 0 Å². The Hall–Kier alpha value is -5.35. The molecule has 0 N–H and O–H groups in total. The third-order valence-corrected chi connectivity index (χ3v) is 8.87. The molecule has 4 heteroatoms. The quantitative estimate of drug-likeness (QED) is 0.223. The topological polar surface area (TPSA) is 35.9 Å². The van der Waals surface area contributed by atoms with Crippen LogP contribution < -0.4 is 0 Å². The molecule has 0 amide bonds. The Balaban J connectivity index is 1.38. The van der Waals surface area contributed by atoms with E-state index < -0.39 is 0 Å². The smallest absolute Gasteiger partial charge is 0.161 e. The van der Waals surface area contributed by atoms with E-state index in [9.17, 15) is 0 Å². The third kappa shape index (κ3) is 3.04. The van der Waals surface area contributed by atoms with Crippen LogP contribution in [0.15, 0.2) is 132 Å². The maximum Gasteiger partial charge on any atom is 0.161 e. The minimum atomic E-state index is -0.225. The van der Waals surface area contributed by atoms with Crippen LogP contribution in [0.25, 0.3) is 66.9 Å². The predicted molar refractivity (Wildman–Crippen MR) is 171 cm³/mol. The molecule has 9 rings (SSSR count). The van der Waals surface area contributed by atoms with Gasteiger partial charge in [-0.1, -0.05) is 72.8 Å². The van der Waals surface area contributed by atoms with E-state index in [0.29, 0.717) is 0 Å². The van der Waals surface area contributed by atoms with E-state index in [2.05, 4.69) is 138 Å². The predicted octanol–water partition coefficient (Wildman–Crippen LogP) is 9.69. The van der Waals surface area contributed by atoms with Crippen molar-refractivity contribution in [1.29, 1.82) is 0 Å². The van der Waals surface area contributed by atoms with Crippen LogP contribution in [-0.2, 0) is 5.41 Å². The highest BCUT2D eigenvalue weighted by molar-refractivity contribution is 6.14. The van der Waals surface area contributed by atoms with Gasteiger partial charge in [0.1, 0.15) is 17.1 Å². The van der Waals surface area contributed by atoms with Crippen LogP contribution in [0.5, 0.6) is 0 Å². The molecule has 42 heavy (non-hydrogen) atoms. The highest BCUT2D eigenvalue weighted by atomic mass is 16.3. The van der Waals surface area contributed by atoms with Crippen LogP contribution >= 0.6 is 0 Å². The molecule has 3 heterocycles. The summed E-state index contributed by atoms with van der Waals surface area (Å²) in [5, 5.41) is 1.08. The number of rotatable bonds is 3. The summed E-state index contributed by atoms with van der Waals surface area (Å²) in [6.07, 6.45) is 0. The molecule has 0 radical (unpaired) electrons. The maximum atomic E-state index is 6.94. The fraction of sp³-hybridized carbons (Fsp3) is 0.0789. The minimum Gasteiger partial charge on any atom is -0.457 e. The molecule has 4 nitrogen and oxygen atoms in total. The fourth-order valence-electron chi connectivity index (χ4n) is 6.95. The second kappa shape index (κ2) is 8.34. The number of hydrogen-bond donors (Lipinski definition) is 0. The maximum absolute atomic E-state index is 6.94. The number of furan rings is 1. The molecular formula is C38H27N3O. The van der Waals surface area contributed by atoms with Crippen LogP contribution in [-0.4, -0.2) is 14.1 Å². The normalized spacial score (nSPS) is 13.7. The Morgan fingerprint density at radius 1 is 0.643 bits per heavy atom. The van der Waals surface area contributed by atoms with E-state index in [4.69, 9.17) is 9.40 Å².